The van der Waals surface area contributed by atoms with Gasteiger partial charge in [0.05, 0.1) is 0 Å². The summed E-state index contributed by atoms with van der Waals surface area (Å²) in [5.41, 5.74) is 5.56. The molecule has 1 unspecified atom stereocenters. The molecule has 0 aromatic carbocycles. The first-order valence-electron chi connectivity index (χ1n) is 5.80. The first-order valence-corrected chi connectivity index (χ1v) is 6.62. The zero-order valence-electron chi connectivity index (χ0n) is 10.7. The molecule has 0 aliphatic carbocycles. The summed E-state index contributed by atoms with van der Waals surface area (Å²) in [4.78, 5) is 4.96. The SMILES string of the molecule is CCc1ccc(CN(C)CC(C)/C(N)=N/O)s1. The average molecular weight is 255 g/mol. The van der Waals surface area contributed by atoms with Crippen LogP contribution in [0.2, 0.25) is 0 Å². The van der Waals surface area contributed by atoms with E-state index in [-0.39, 0.29) is 11.8 Å². The number of aryl methyl sites for hydroxylation is 1. The minimum atomic E-state index is 0.0654. The molecule has 0 saturated carbocycles. The molecule has 3 N–H and O–H groups in total. The molecule has 96 valence electrons. The highest BCUT2D eigenvalue weighted by Crippen LogP contribution is 2.18. The van der Waals surface area contributed by atoms with Crippen molar-refractivity contribution in [2.75, 3.05) is 13.6 Å². The fourth-order valence-electron chi connectivity index (χ4n) is 1.69. The molecule has 0 aliphatic heterocycles. The number of nitrogens with zero attached hydrogens (tertiary/aromatic N) is 2. The number of hydrogen-bond donors (Lipinski definition) is 2. The van der Waals surface area contributed by atoms with Crippen LogP contribution in [0.4, 0.5) is 0 Å². The van der Waals surface area contributed by atoms with Gasteiger partial charge in [0.15, 0.2) is 0 Å². The molecule has 0 fully saturated rings. The van der Waals surface area contributed by atoms with Crippen molar-refractivity contribution >= 4 is 17.2 Å². The molecule has 0 bridgehead atoms. The topological polar surface area (TPSA) is 61.8 Å². The maximum atomic E-state index is 8.59. The maximum Gasteiger partial charge on any atom is 0.143 e. The Morgan fingerprint density at radius 3 is 2.71 bits per heavy atom. The van der Waals surface area contributed by atoms with E-state index in [4.69, 9.17) is 10.9 Å². The second-order valence-electron chi connectivity index (χ2n) is 4.34. The zero-order chi connectivity index (χ0) is 12.8. The van der Waals surface area contributed by atoms with Crippen LogP contribution in [0.1, 0.15) is 23.6 Å². The Morgan fingerprint density at radius 1 is 1.53 bits per heavy atom. The highest BCUT2D eigenvalue weighted by Gasteiger charge is 2.11. The first-order chi connectivity index (χ1) is 8.06. The van der Waals surface area contributed by atoms with E-state index >= 15 is 0 Å². The minimum Gasteiger partial charge on any atom is -0.409 e. The molecule has 0 spiro atoms. The highest BCUT2D eigenvalue weighted by atomic mass is 32.1. The predicted octanol–water partition coefficient (Wildman–Crippen LogP) is 2.12. The molecule has 1 aromatic rings. The Labute approximate surface area is 107 Å². The Balaban J connectivity index is 2.46. The Kier molecular flexibility index (Phi) is 5.44. The molecule has 5 heteroatoms. The number of amidine groups is 1. The molecule has 0 saturated heterocycles. The van der Waals surface area contributed by atoms with Crippen molar-refractivity contribution in [1.82, 2.24) is 4.90 Å². The number of oxime groups is 1. The van der Waals surface area contributed by atoms with Crippen LogP contribution in [0.3, 0.4) is 0 Å². The Bertz CT molecular complexity index is 376. The summed E-state index contributed by atoms with van der Waals surface area (Å²) in [5, 5.41) is 11.6. The molecule has 1 atom stereocenters. The van der Waals surface area contributed by atoms with Crippen molar-refractivity contribution < 1.29 is 5.21 Å². The second-order valence-corrected chi connectivity index (χ2v) is 5.60. The summed E-state index contributed by atoms with van der Waals surface area (Å²) in [6.45, 7) is 5.82. The average Bonchev–Trinajstić information content (AvgIpc) is 2.75. The molecule has 1 heterocycles. The molecule has 0 aliphatic rings. The molecule has 1 aromatic heterocycles. The highest BCUT2D eigenvalue weighted by molar-refractivity contribution is 7.11. The number of nitrogens with two attached hydrogens (primary N) is 1. The van der Waals surface area contributed by atoms with Gasteiger partial charge in [0.1, 0.15) is 5.84 Å². The third-order valence-corrected chi connectivity index (χ3v) is 3.91. The van der Waals surface area contributed by atoms with Gasteiger partial charge in [-0.3, -0.25) is 0 Å². The third-order valence-electron chi connectivity index (χ3n) is 2.70. The Hall–Kier alpha value is -1.07. The normalized spacial score (nSPS) is 14.2. The molecular formula is C12H21N3OS. The van der Waals surface area contributed by atoms with Crippen LogP contribution in [0.25, 0.3) is 0 Å². The van der Waals surface area contributed by atoms with Gasteiger partial charge in [-0.1, -0.05) is 19.0 Å². The molecule has 0 radical (unpaired) electrons. The first kappa shape index (κ1) is 14.0. The van der Waals surface area contributed by atoms with Crippen molar-refractivity contribution in [3.05, 3.63) is 21.9 Å². The van der Waals surface area contributed by atoms with Crippen LogP contribution in [0, 0.1) is 5.92 Å². The van der Waals surface area contributed by atoms with Gasteiger partial charge in [0.2, 0.25) is 0 Å². The summed E-state index contributed by atoms with van der Waals surface area (Å²) in [7, 11) is 2.05. The van der Waals surface area contributed by atoms with Crippen LogP contribution in [0.15, 0.2) is 17.3 Å². The van der Waals surface area contributed by atoms with E-state index in [9.17, 15) is 0 Å². The lowest BCUT2D eigenvalue weighted by Crippen LogP contribution is -2.32. The van der Waals surface area contributed by atoms with Crippen LogP contribution in [-0.4, -0.2) is 29.5 Å². The van der Waals surface area contributed by atoms with Gasteiger partial charge in [0, 0.05) is 28.8 Å². The van der Waals surface area contributed by atoms with Crippen LogP contribution in [-0.2, 0) is 13.0 Å². The van der Waals surface area contributed by atoms with Crippen molar-refractivity contribution in [2.24, 2.45) is 16.8 Å². The van der Waals surface area contributed by atoms with Crippen LogP contribution in [0.5, 0.6) is 0 Å². The lowest BCUT2D eigenvalue weighted by molar-refractivity contribution is 0.292. The van der Waals surface area contributed by atoms with Gasteiger partial charge >= 0.3 is 0 Å². The van der Waals surface area contributed by atoms with Crippen molar-refractivity contribution in [3.63, 3.8) is 0 Å². The Morgan fingerprint density at radius 2 is 2.18 bits per heavy atom. The minimum absolute atomic E-state index is 0.0654. The fourth-order valence-corrected chi connectivity index (χ4v) is 2.73. The molecule has 1 rings (SSSR count). The van der Waals surface area contributed by atoms with Gasteiger partial charge in [-0.25, -0.2) is 0 Å². The van der Waals surface area contributed by atoms with E-state index in [1.807, 2.05) is 25.3 Å². The monoisotopic (exact) mass is 255 g/mol. The number of thiophene rings is 1. The van der Waals surface area contributed by atoms with Crippen molar-refractivity contribution in [2.45, 2.75) is 26.8 Å². The maximum absolute atomic E-state index is 8.59. The summed E-state index contributed by atoms with van der Waals surface area (Å²) >= 11 is 1.85. The molecule has 0 amide bonds. The van der Waals surface area contributed by atoms with Gasteiger partial charge < -0.3 is 15.8 Å². The van der Waals surface area contributed by atoms with E-state index in [1.54, 1.807) is 0 Å². The van der Waals surface area contributed by atoms with Gasteiger partial charge in [-0.2, -0.15) is 0 Å². The predicted molar refractivity (Wildman–Crippen MR) is 72.6 cm³/mol. The van der Waals surface area contributed by atoms with E-state index in [2.05, 4.69) is 29.1 Å². The van der Waals surface area contributed by atoms with Gasteiger partial charge in [-0.15, -0.1) is 11.3 Å². The van der Waals surface area contributed by atoms with Gasteiger partial charge in [-0.05, 0) is 25.6 Å². The second kappa shape index (κ2) is 6.61. The van der Waals surface area contributed by atoms with Crippen LogP contribution < -0.4 is 5.73 Å². The van der Waals surface area contributed by atoms with E-state index in [1.165, 1.54) is 9.75 Å². The quantitative estimate of drug-likeness (QED) is 0.354. The van der Waals surface area contributed by atoms with Gasteiger partial charge in [0.25, 0.3) is 0 Å². The molecule has 17 heavy (non-hydrogen) atoms. The summed E-state index contributed by atoms with van der Waals surface area (Å²) in [6.07, 6.45) is 1.09. The standard InChI is InChI=1S/C12H21N3OS/c1-4-10-5-6-11(17-10)8-15(3)7-9(2)12(13)14-16/h5-6,9,16H,4,7-8H2,1-3H3,(H2,13,14). The number of rotatable bonds is 6. The number of hydrogen-bond acceptors (Lipinski definition) is 4. The lowest BCUT2D eigenvalue weighted by atomic mass is 10.1. The van der Waals surface area contributed by atoms with E-state index < -0.39 is 0 Å². The van der Waals surface area contributed by atoms with E-state index in [0.717, 1.165) is 19.5 Å². The van der Waals surface area contributed by atoms with Crippen LogP contribution >= 0.6 is 11.3 Å². The van der Waals surface area contributed by atoms with Crippen molar-refractivity contribution in [3.8, 4) is 0 Å². The summed E-state index contributed by atoms with van der Waals surface area (Å²) in [6, 6.07) is 4.36. The van der Waals surface area contributed by atoms with Crippen molar-refractivity contribution in [1.29, 1.82) is 0 Å². The zero-order valence-corrected chi connectivity index (χ0v) is 11.5. The summed E-state index contributed by atoms with van der Waals surface area (Å²) in [5.74, 6) is 0.355. The molecular weight excluding hydrogens is 234 g/mol. The lowest BCUT2D eigenvalue weighted by Gasteiger charge is -2.19. The molecule has 4 nitrogen and oxygen atoms in total. The smallest absolute Gasteiger partial charge is 0.143 e. The largest absolute Gasteiger partial charge is 0.409 e. The summed E-state index contributed by atoms with van der Waals surface area (Å²) < 4.78 is 0. The third kappa shape index (κ3) is 4.36. The van der Waals surface area contributed by atoms with E-state index in [0.29, 0.717) is 0 Å². The fraction of sp³-hybridized carbons (Fsp3) is 0.583.